The summed E-state index contributed by atoms with van der Waals surface area (Å²) in [5, 5.41) is 3.61. The Morgan fingerprint density at radius 1 is 1.30 bits per heavy atom. The molecular weight excluding hydrogens is 382 g/mol. The third-order valence-corrected chi connectivity index (χ3v) is 6.16. The minimum Gasteiger partial charge on any atom is -0.452 e. The lowest BCUT2D eigenvalue weighted by atomic mass is 10.2. The molecule has 3 aromatic rings. The molecule has 0 aliphatic carbocycles. The largest absolute Gasteiger partial charge is 0.452 e. The highest BCUT2D eigenvalue weighted by molar-refractivity contribution is 8.00. The van der Waals surface area contributed by atoms with Crippen molar-refractivity contribution in [3.8, 4) is 0 Å². The molecule has 1 atom stereocenters. The lowest BCUT2D eigenvalue weighted by Crippen LogP contribution is -2.39. The SMILES string of the molecule is C[C@H](OC(=O)CSc1ncnc2sccc12)C(=O)N1CCc2ccccc21. The van der Waals surface area contributed by atoms with Gasteiger partial charge in [0.1, 0.15) is 16.2 Å². The Labute approximate surface area is 164 Å². The molecule has 3 heterocycles. The number of hydrogen-bond donors (Lipinski definition) is 0. The predicted octanol–water partition coefficient (Wildman–Crippen LogP) is 3.30. The Morgan fingerprint density at radius 2 is 2.15 bits per heavy atom. The van der Waals surface area contributed by atoms with Gasteiger partial charge in [0, 0.05) is 17.6 Å². The van der Waals surface area contributed by atoms with Crippen LogP contribution in [-0.4, -0.2) is 40.2 Å². The molecule has 8 heteroatoms. The van der Waals surface area contributed by atoms with Crippen LogP contribution in [0.4, 0.5) is 5.69 Å². The average Bonchev–Trinajstić information content (AvgIpc) is 3.32. The van der Waals surface area contributed by atoms with Crippen molar-refractivity contribution in [2.75, 3.05) is 17.2 Å². The van der Waals surface area contributed by atoms with Crippen molar-refractivity contribution in [3.05, 3.63) is 47.6 Å². The number of carbonyl (C=O) groups excluding carboxylic acids is 2. The first-order valence-electron chi connectivity index (χ1n) is 8.53. The third kappa shape index (κ3) is 3.68. The number of rotatable bonds is 5. The molecule has 2 aromatic heterocycles. The van der Waals surface area contributed by atoms with Crippen molar-refractivity contribution < 1.29 is 14.3 Å². The van der Waals surface area contributed by atoms with Crippen LogP contribution < -0.4 is 4.90 Å². The highest BCUT2D eigenvalue weighted by atomic mass is 32.2. The molecule has 4 rings (SSSR count). The lowest BCUT2D eigenvalue weighted by molar-refractivity contribution is -0.151. The molecule has 1 aliphatic rings. The van der Waals surface area contributed by atoms with Gasteiger partial charge in [-0.05, 0) is 36.4 Å². The summed E-state index contributed by atoms with van der Waals surface area (Å²) in [6.45, 7) is 2.24. The zero-order valence-corrected chi connectivity index (χ0v) is 16.3. The summed E-state index contributed by atoms with van der Waals surface area (Å²) in [6, 6.07) is 9.75. The minimum absolute atomic E-state index is 0.0934. The average molecular weight is 399 g/mol. The van der Waals surface area contributed by atoms with Crippen LogP contribution in [0, 0.1) is 0 Å². The fourth-order valence-corrected chi connectivity index (χ4v) is 4.64. The molecule has 1 aromatic carbocycles. The highest BCUT2D eigenvalue weighted by Gasteiger charge is 2.29. The number of nitrogens with zero attached hydrogens (tertiary/aromatic N) is 3. The molecule has 0 fully saturated rings. The highest BCUT2D eigenvalue weighted by Crippen LogP contribution is 2.29. The van der Waals surface area contributed by atoms with Crippen LogP contribution in [0.25, 0.3) is 10.2 Å². The summed E-state index contributed by atoms with van der Waals surface area (Å²) >= 11 is 2.82. The van der Waals surface area contributed by atoms with E-state index in [9.17, 15) is 9.59 Å². The molecule has 0 N–H and O–H groups in total. The number of amides is 1. The first-order chi connectivity index (χ1) is 13.1. The zero-order chi connectivity index (χ0) is 18.8. The Hall–Kier alpha value is -2.45. The molecule has 6 nitrogen and oxygen atoms in total. The van der Waals surface area contributed by atoms with Crippen molar-refractivity contribution in [1.29, 1.82) is 0 Å². The van der Waals surface area contributed by atoms with E-state index in [1.54, 1.807) is 11.8 Å². The fourth-order valence-electron chi connectivity index (χ4n) is 3.08. The normalized spacial score (nSPS) is 14.2. The third-order valence-electron chi connectivity index (χ3n) is 4.36. The number of thiophene rings is 1. The maximum absolute atomic E-state index is 12.7. The van der Waals surface area contributed by atoms with Gasteiger partial charge in [-0.3, -0.25) is 9.59 Å². The molecule has 0 bridgehead atoms. The van der Waals surface area contributed by atoms with Gasteiger partial charge in [-0.15, -0.1) is 11.3 Å². The topological polar surface area (TPSA) is 72.4 Å². The number of benzene rings is 1. The van der Waals surface area contributed by atoms with Crippen LogP contribution in [0.15, 0.2) is 47.1 Å². The van der Waals surface area contributed by atoms with E-state index in [0.29, 0.717) is 6.54 Å². The summed E-state index contributed by atoms with van der Waals surface area (Å²) in [5.41, 5.74) is 2.05. The molecule has 0 unspecified atom stereocenters. The number of hydrogen-bond acceptors (Lipinski definition) is 7. The number of carbonyl (C=O) groups is 2. The molecule has 0 saturated heterocycles. The number of fused-ring (bicyclic) bond motifs is 2. The molecule has 1 amide bonds. The lowest BCUT2D eigenvalue weighted by Gasteiger charge is -2.21. The molecule has 1 aliphatic heterocycles. The van der Waals surface area contributed by atoms with Crippen molar-refractivity contribution in [2.24, 2.45) is 0 Å². The number of thioether (sulfide) groups is 1. The van der Waals surface area contributed by atoms with Gasteiger partial charge in [0.05, 0.1) is 5.75 Å². The Bertz CT molecular complexity index is 1000. The standard InChI is InChI=1S/C19H17N3O3S2/c1-12(19(24)22-8-6-13-4-2-3-5-15(13)22)25-16(23)10-27-18-14-7-9-26-17(14)20-11-21-18/h2-5,7,9,11-12H,6,8,10H2,1H3/t12-/m0/s1. The van der Waals surface area contributed by atoms with Gasteiger partial charge in [0.25, 0.3) is 5.91 Å². The molecule has 138 valence electrons. The van der Waals surface area contributed by atoms with E-state index in [1.165, 1.54) is 29.4 Å². The number of aromatic nitrogens is 2. The molecule has 0 spiro atoms. The second-order valence-corrected chi connectivity index (χ2v) is 7.97. The Balaban J connectivity index is 1.35. The van der Waals surface area contributed by atoms with E-state index >= 15 is 0 Å². The van der Waals surface area contributed by atoms with Crippen molar-refractivity contribution in [3.63, 3.8) is 0 Å². The maximum atomic E-state index is 12.7. The van der Waals surface area contributed by atoms with Crippen LogP contribution in [0.1, 0.15) is 12.5 Å². The maximum Gasteiger partial charge on any atom is 0.317 e. The van der Waals surface area contributed by atoms with Crippen LogP contribution in [0.5, 0.6) is 0 Å². The summed E-state index contributed by atoms with van der Waals surface area (Å²) in [4.78, 5) is 35.9. The molecule has 0 radical (unpaired) electrons. The molecular formula is C19H17N3O3S2. The van der Waals surface area contributed by atoms with Crippen LogP contribution in [-0.2, 0) is 20.7 Å². The summed E-state index contributed by atoms with van der Waals surface area (Å²) in [6.07, 6.45) is 1.49. The van der Waals surface area contributed by atoms with E-state index in [4.69, 9.17) is 4.74 Å². The Morgan fingerprint density at radius 3 is 3.04 bits per heavy atom. The van der Waals surface area contributed by atoms with Gasteiger partial charge >= 0.3 is 5.97 Å². The first kappa shape index (κ1) is 17.9. The second-order valence-electron chi connectivity index (χ2n) is 6.11. The zero-order valence-electron chi connectivity index (χ0n) is 14.6. The summed E-state index contributed by atoms with van der Waals surface area (Å²) in [7, 11) is 0. The van der Waals surface area contributed by atoms with E-state index in [2.05, 4.69) is 9.97 Å². The van der Waals surface area contributed by atoms with E-state index in [1.807, 2.05) is 35.7 Å². The predicted molar refractivity (Wildman–Crippen MR) is 106 cm³/mol. The number of anilines is 1. The van der Waals surface area contributed by atoms with Gasteiger partial charge in [-0.1, -0.05) is 30.0 Å². The second kappa shape index (κ2) is 7.66. The van der Waals surface area contributed by atoms with Gasteiger partial charge in [-0.2, -0.15) is 0 Å². The van der Waals surface area contributed by atoms with Gasteiger partial charge in [0.15, 0.2) is 6.10 Å². The molecule has 0 saturated carbocycles. The number of esters is 1. The number of ether oxygens (including phenoxy) is 1. The van der Waals surface area contributed by atoms with Gasteiger partial charge in [-0.25, -0.2) is 9.97 Å². The molecule has 27 heavy (non-hydrogen) atoms. The van der Waals surface area contributed by atoms with Gasteiger partial charge in [0.2, 0.25) is 0 Å². The summed E-state index contributed by atoms with van der Waals surface area (Å²) < 4.78 is 5.36. The van der Waals surface area contributed by atoms with Crippen LogP contribution in [0.2, 0.25) is 0 Å². The van der Waals surface area contributed by atoms with E-state index < -0.39 is 12.1 Å². The van der Waals surface area contributed by atoms with Gasteiger partial charge < -0.3 is 9.64 Å². The number of para-hydroxylation sites is 1. The van der Waals surface area contributed by atoms with E-state index in [-0.39, 0.29) is 11.7 Å². The fraction of sp³-hybridized carbons (Fsp3) is 0.263. The van der Waals surface area contributed by atoms with Crippen LogP contribution >= 0.6 is 23.1 Å². The van der Waals surface area contributed by atoms with Crippen molar-refractivity contribution >= 4 is 50.9 Å². The summed E-state index contributed by atoms with van der Waals surface area (Å²) in [5.74, 6) is -0.535. The Kier molecular flexibility index (Phi) is 5.09. The van der Waals surface area contributed by atoms with Crippen molar-refractivity contribution in [1.82, 2.24) is 9.97 Å². The van der Waals surface area contributed by atoms with Crippen LogP contribution in [0.3, 0.4) is 0 Å². The smallest absolute Gasteiger partial charge is 0.317 e. The van der Waals surface area contributed by atoms with E-state index in [0.717, 1.165) is 32.9 Å². The van der Waals surface area contributed by atoms with Crippen molar-refractivity contribution in [2.45, 2.75) is 24.5 Å². The minimum atomic E-state index is -0.823. The monoisotopic (exact) mass is 399 g/mol. The first-order valence-corrected chi connectivity index (χ1v) is 10.4. The quantitative estimate of drug-likeness (QED) is 0.372.